The molecule has 28 heavy (non-hydrogen) atoms. The highest BCUT2D eigenvalue weighted by atomic mass is 16.5. The number of hydrogen-bond donors (Lipinski definition) is 1. The second-order valence-corrected chi connectivity index (χ2v) is 6.86. The molecule has 6 heteroatoms. The third-order valence-electron chi connectivity index (χ3n) is 4.98. The van der Waals surface area contributed by atoms with Crippen molar-refractivity contribution in [3.63, 3.8) is 0 Å². The highest BCUT2D eigenvalue weighted by Gasteiger charge is 2.29. The number of carbonyl (C=O) groups excluding carboxylic acids is 2. The van der Waals surface area contributed by atoms with E-state index in [2.05, 4.69) is 4.98 Å². The SMILES string of the molecule is C[C@@H](OC(=O)c1cc(=O)[nH]c2ccccc12)C(=O)N1CCCc2ccccc21. The highest BCUT2D eigenvalue weighted by molar-refractivity contribution is 6.05. The predicted octanol–water partition coefficient (Wildman–Crippen LogP) is 3.05. The number of nitrogens with one attached hydrogen (secondary N) is 1. The first-order valence-electron chi connectivity index (χ1n) is 9.27. The Hall–Kier alpha value is -3.41. The average Bonchev–Trinajstić information content (AvgIpc) is 2.72. The summed E-state index contributed by atoms with van der Waals surface area (Å²) in [7, 11) is 0. The molecule has 0 fully saturated rings. The van der Waals surface area contributed by atoms with E-state index < -0.39 is 17.6 Å². The molecular formula is C22H20N2O4. The van der Waals surface area contributed by atoms with Crippen molar-refractivity contribution in [2.24, 2.45) is 0 Å². The van der Waals surface area contributed by atoms with Crippen molar-refractivity contribution in [3.05, 3.63) is 76.1 Å². The summed E-state index contributed by atoms with van der Waals surface area (Å²) in [5, 5.41) is 0.579. The van der Waals surface area contributed by atoms with E-state index in [0.29, 0.717) is 17.4 Å². The molecule has 1 aliphatic heterocycles. The van der Waals surface area contributed by atoms with E-state index >= 15 is 0 Å². The van der Waals surface area contributed by atoms with Gasteiger partial charge in [-0.15, -0.1) is 0 Å². The van der Waals surface area contributed by atoms with Crippen LogP contribution in [0.5, 0.6) is 0 Å². The number of para-hydroxylation sites is 2. The van der Waals surface area contributed by atoms with Crippen LogP contribution in [0.3, 0.4) is 0 Å². The van der Waals surface area contributed by atoms with Gasteiger partial charge in [0, 0.05) is 29.2 Å². The van der Waals surface area contributed by atoms with Crippen molar-refractivity contribution in [1.29, 1.82) is 0 Å². The standard InChI is InChI=1S/C22H20N2O4/c1-14(21(26)24-12-6-8-15-7-2-5-11-19(15)24)28-22(27)17-13-20(25)23-18-10-4-3-9-16(17)18/h2-5,7,9-11,13-14H,6,8,12H2,1H3,(H,23,25)/t14-/m1/s1. The summed E-state index contributed by atoms with van der Waals surface area (Å²) >= 11 is 0. The Bertz CT molecular complexity index is 1120. The average molecular weight is 376 g/mol. The van der Waals surface area contributed by atoms with Crippen molar-refractivity contribution in [1.82, 2.24) is 4.98 Å². The number of aryl methyl sites for hydroxylation is 1. The zero-order valence-electron chi connectivity index (χ0n) is 15.5. The molecule has 0 aliphatic carbocycles. The van der Waals surface area contributed by atoms with E-state index in [9.17, 15) is 14.4 Å². The lowest BCUT2D eigenvalue weighted by Crippen LogP contribution is -2.42. The lowest BCUT2D eigenvalue weighted by molar-refractivity contribution is -0.126. The van der Waals surface area contributed by atoms with Crippen molar-refractivity contribution in [2.75, 3.05) is 11.4 Å². The molecule has 4 rings (SSSR count). The van der Waals surface area contributed by atoms with E-state index in [1.54, 1.807) is 36.1 Å². The van der Waals surface area contributed by atoms with Crippen LogP contribution in [0.25, 0.3) is 10.9 Å². The normalized spacial score (nSPS) is 14.4. The van der Waals surface area contributed by atoms with Gasteiger partial charge in [-0.25, -0.2) is 4.79 Å². The zero-order valence-corrected chi connectivity index (χ0v) is 15.5. The minimum atomic E-state index is -0.961. The maximum Gasteiger partial charge on any atom is 0.339 e. The topological polar surface area (TPSA) is 79.5 Å². The lowest BCUT2D eigenvalue weighted by atomic mass is 10.0. The number of esters is 1. The van der Waals surface area contributed by atoms with Gasteiger partial charge in [-0.2, -0.15) is 0 Å². The molecule has 2 heterocycles. The monoisotopic (exact) mass is 376 g/mol. The molecule has 0 radical (unpaired) electrons. The Morgan fingerprint density at radius 2 is 1.86 bits per heavy atom. The van der Waals surface area contributed by atoms with Crippen LogP contribution >= 0.6 is 0 Å². The number of benzene rings is 2. The zero-order chi connectivity index (χ0) is 19.7. The number of fused-ring (bicyclic) bond motifs is 2. The van der Waals surface area contributed by atoms with Crippen molar-refractivity contribution in [2.45, 2.75) is 25.9 Å². The molecule has 0 bridgehead atoms. The fraction of sp³-hybridized carbons (Fsp3) is 0.227. The molecule has 1 amide bonds. The lowest BCUT2D eigenvalue weighted by Gasteiger charge is -2.31. The molecule has 0 saturated carbocycles. The Morgan fingerprint density at radius 3 is 2.71 bits per heavy atom. The number of rotatable bonds is 3. The van der Waals surface area contributed by atoms with Crippen LogP contribution in [0.1, 0.15) is 29.3 Å². The third kappa shape index (κ3) is 3.29. The number of H-pyrrole nitrogens is 1. The number of aromatic amines is 1. The summed E-state index contributed by atoms with van der Waals surface area (Å²) in [4.78, 5) is 41.9. The van der Waals surface area contributed by atoms with Gasteiger partial charge in [0.15, 0.2) is 6.10 Å². The Morgan fingerprint density at radius 1 is 1.11 bits per heavy atom. The van der Waals surface area contributed by atoms with Crippen LogP contribution in [0.15, 0.2) is 59.4 Å². The predicted molar refractivity (Wildman–Crippen MR) is 107 cm³/mol. The van der Waals surface area contributed by atoms with E-state index in [1.165, 1.54) is 6.07 Å². The van der Waals surface area contributed by atoms with Crippen LogP contribution in [-0.2, 0) is 16.0 Å². The van der Waals surface area contributed by atoms with Gasteiger partial charge in [0.25, 0.3) is 5.91 Å². The largest absolute Gasteiger partial charge is 0.449 e. The van der Waals surface area contributed by atoms with Gasteiger partial charge in [-0.3, -0.25) is 9.59 Å². The molecule has 0 unspecified atom stereocenters. The number of ether oxygens (including phenoxy) is 1. The first kappa shape index (κ1) is 18.0. The maximum atomic E-state index is 12.9. The molecule has 6 nitrogen and oxygen atoms in total. The van der Waals surface area contributed by atoms with E-state index in [4.69, 9.17) is 4.74 Å². The van der Waals surface area contributed by atoms with Crippen LogP contribution in [0, 0.1) is 0 Å². The summed E-state index contributed by atoms with van der Waals surface area (Å²) in [5.74, 6) is -0.955. The number of aromatic nitrogens is 1. The van der Waals surface area contributed by atoms with E-state index in [0.717, 1.165) is 24.1 Å². The number of carbonyl (C=O) groups is 2. The first-order valence-corrected chi connectivity index (χ1v) is 9.27. The molecule has 1 N–H and O–H groups in total. The quantitative estimate of drug-likeness (QED) is 0.713. The number of anilines is 1. The number of amides is 1. The van der Waals surface area contributed by atoms with Crippen LogP contribution in [-0.4, -0.2) is 29.5 Å². The molecule has 0 spiro atoms. The maximum absolute atomic E-state index is 12.9. The molecule has 2 aromatic carbocycles. The third-order valence-corrected chi connectivity index (χ3v) is 4.98. The Kier molecular flexibility index (Phi) is 4.69. The fourth-order valence-corrected chi connectivity index (χ4v) is 3.63. The summed E-state index contributed by atoms with van der Waals surface area (Å²) in [6, 6.07) is 16.0. The van der Waals surface area contributed by atoms with Gasteiger partial charge in [0.05, 0.1) is 5.56 Å². The second-order valence-electron chi connectivity index (χ2n) is 6.86. The van der Waals surface area contributed by atoms with Gasteiger partial charge in [0.1, 0.15) is 0 Å². The number of pyridine rings is 1. The Balaban J connectivity index is 1.58. The minimum Gasteiger partial charge on any atom is -0.449 e. The van der Waals surface area contributed by atoms with Gasteiger partial charge in [-0.1, -0.05) is 36.4 Å². The van der Waals surface area contributed by atoms with Crippen molar-refractivity contribution < 1.29 is 14.3 Å². The number of hydrogen-bond acceptors (Lipinski definition) is 4. The summed E-state index contributed by atoms with van der Waals surface area (Å²) < 4.78 is 5.45. The minimum absolute atomic E-state index is 0.151. The smallest absolute Gasteiger partial charge is 0.339 e. The van der Waals surface area contributed by atoms with Crippen LogP contribution in [0.2, 0.25) is 0 Å². The van der Waals surface area contributed by atoms with Crippen molar-refractivity contribution in [3.8, 4) is 0 Å². The van der Waals surface area contributed by atoms with E-state index in [-0.39, 0.29) is 11.5 Å². The van der Waals surface area contributed by atoms with E-state index in [1.807, 2.05) is 24.3 Å². The second kappa shape index (κ2) is 7.31. The van der Waals surface area contributed by atoms with Gasteiger partial charge in [-0.05, 0) is 37.5 Å². The molecule has 142 valence electrons. The Labute approximate surface area is 161 Å². The molecular weight excluding hydrogens is 356 g/mol. The van der Waals surface area contributed by atoms with Crippen LogP contribution < -0.4 is 10.5 Å². The summed E-state index contributed by atoms with van der Waals surface area (Å²) in [5.41, 5.74) is 2.28. The van der Waals surface area contributed by atoms with Gasteiger partial charge in [0.2, 0.25) is 5.56 Å². The van der Waals surface area contributed by atoms with Gasteiger partial charge < -0.3 is 14.6 Å². The van der Waals surface area contributed by atoms with Crippen molar-refractivity contribution >= 4 is 28.5 Å². The van der Waals surface area contributed by atoms with Gasteiger partial charge >= 0.3 is 5.97 Å². The fourth-order valence-electron chi connectivity index (χ4n) is 3.63. The molecule has 1 aliphatic rings. The molecule has 0 saturated heterocycles. The molecule has 1 atom stereocenters. The highest BCUT2D eigenvalue weighted by Crippen LogP contribution is 2.27. The number of nitrogens with zero attached hydrogens (tertiary/aromatic N) is 1. The first-order chi connectivity index (χ1) is 13.5. The summed E-state index contributed by atoms with van der Waals surface area (Å²) in [6.07, 6.45) is 0.825. The van der Waals surface area contributed by atoms with Crippen LogP contribution in [0.4, 0.5) is 5.69 Å². The summed E-state index contributed by atoms with van der Waals surface area (Å²) in [6.45, 7) is 2.15. The molecule has 3 aromatic rings. The molecule has 1 aromatic heterocycles.